The molecule has 1 fully saturated rings. The molecule has 6 nitrogen and oxygen atoms in total. The summed E-state index contributed by atoms with van der Waals surface area (Å²) in [6.45, 7) is 7.38. The molecule has 1 heterocycles. The predicted octanol–water partition coefficient (Wildman–Crippen LogP) is 1.77. The van der Waals surface area contributed by atoms with Crippen molar-refractivity contribution in [1.29, 1.82) is 5.26 Å². The van der Waals surface area contributed by atoms with Crippen LogP contribution in [0, 0.1) is 22.7 Å². The molecule has 1 aliphatic heterocycles. The molecule has 1 N–H and O–H groups in total. The van der Waals surface area contributed by atoms with Crippen molar-refractivity contribution in [2.45, 2.75) is 33.6 Å². The van der Waals surface area contributed by atoms with Gasteiger partial charge in [0, 0.05) is 26.2 Å². The number of carbonyl (C=O) groups excluding carboxylic acids is 1. The number of nitrogens with zero attached hydrogens (tertiary/aromatic N) is 3. The van der Waals surface area contributed by atoms with Crippen LogP contribution >= 0.6 is 0 Å². The van der Waals surface area contributed by atoms with Gasteiger partial charge in [0.15, 0.2) is 0 Å². The molecule has 2 amide bonds. The highest BCUT2D eigenvalue weighted by Gasteiger charge is 2.43. The van der Waals surface area contributed by atoms with E-state index < -0.39 is 11.4 Å². The lowest BCUT2D eigenvalue weighted by atomic mass is 9.90. The van der Waals surface area contributed by atoms with Crippen molar-refractivity contribution in [1.82, 2.24) is 9.80 Å². The Bertz CT molecular complexity index is 416. The molecule has 0 aromatic heterocycles. The number of carbonyl (C=O) groups is 2. The van der Waals surface area contributed by atoms with Crippen molar-refractivity contribution in [2.24, 2.45) is 11.3 Å². The van der Waals surface area contributed by atoms with Crippen LogP contribution < -0.4 is 0 Å². The highest BCUT2D eigenvalue weighted by atomic mass is 16.4. The van der Waals surface area contributed by atoms with E-state index in [0.29, 0.717) is 38.4 Å². The van der Waals surface area contributed by atoms with Crippen LogP contribution in [0.4, 0.5) is 4.79 Å². The Morgan fingerprint density at radius 3 is 2.60 bits per heavy atom. The number of amides is 2. The van der Waals surface area contributed by atoms with Crippen molar-refractivity contribution in [3.63, 3.8) is 0 Å². The Morgan fingerprint density at radius 2 is 2.15 bits per heavy atom. The maximum Gasteiger partial charge on any atom is 0.320 e. The summed E-state index contributed by atoms with van der Waals surface area (Å²) in [6, 6.07) is 1.89. The number of nitriles is 1. The highest BCUT2D eigenvalue weighted by Crippen LogP contribution is 2.30. The zero-order chi connectivity index (χ0) is 15.3. The first kappa shape index (κ1) is 16.3. The molecular weight excluding hydrogens is 258 g/mol. The van der Waals surface area contributed by atoms with Crippen LogP contribution in [0.25, 0.3) is 0 Å². The fraction of sp³-hybridized carbons (Fsp3) is 0.786. The molecule has 1 rings (SSSR count). The highest BCUT2D eigenvalue weighted by molar-refractivity contribution is 5.79. The maximum absolute atomic E-state index is 12.4. The fourth-order valence-electron chi connectivity index (χ4n) is 2.39. The van der Waals surface area contributed by atoms with Gasteiger partial charge in [-0.3, -0.25) is 4.79 Å². The summed E-state index contributed by atoms with van der Waals surface area (Å²) in [7, 11) is 0. The number of hydrogen-bond acceptors (Lipinski definition) is 3. The Hall–Kier alpha value is -1.77. The Labute approximate surface area is 120 Å². The second-order valence-electron chi connectivity index (χ2n) is 6.07. The fourth-order valence-corrected chi connectivity index (χ4v) is 2.39. The largest absolute Gasteiger partial charge is 0.481 e. The number of hydrogen-bond donors (Lipinski definition) is 1. The summed E-state index contributed by atoms with van der Waals surface area (Å²) in [6.07, 6.45) is 0.768. The third-order valence-electron chi connectivity index (χ3n) is 3.61. The molecule has 1 saturated heterocycles. The minimum atomic E-state index is -0.861. The molecule has 1 atom stereocenters. The van der Waals surface area contributed by atoms with Crippen molar-refractivity contribution in [3.8, 4) is 6.07 Å². The van der Waals surface area contributed by atoms with E-state index in [4.69, 9.17) is 5.26 Å². The third-order valence-corrected chi connectivity index (χ3v) is 3.61. The molecule has 0 aromatic rings. The van der Waals surface area contributed by atoms with E-state index in [1.165, 1.54) is 0 Å². The van der Waals surface area contributed by atoms with Gasteiger partial charge in [-0.25, -0.2) is 4.79 Å². The van der Waals surface area contributed by atoms with E-state index in [0.717, 1.165) is 0 Å². The smallest absolute Gasteiger partial charge is 0.320 e. The minimum absolute atomic E-state index is 0.154. The molecule has 0 radical (unpaired) electrons. The number of urea groups is 1. The topological polar surface area (TPSA) is 84.6 Å². The number of rotatable bonds is 5. The average molecular weight is 281 g/mol. The molecule has 0 saturated carbocycles. The summed E-state index contributed by atoms with van der Waals surface area (Å²) >= 11 is 0. The lowest BCUT2D eigenvalue weighted by Crippen LogP contribution is -2.45. The minimum Gasteiger partial charge on any atom is -0.481 e. The van der Waals surface area contributed by atoms with Gasteiger partial charge in [0.2, 0.25) is 0 Å². The van der Waals surface area contributed by atoms with Crippen LogP contribution in [-0.4, -0.2) is 53.1 Å². The number of aliphatic carboxylic acids is 1. The van der Waals surface area contributed by atoms with E-state index in [2.05, 4.69) is 0 Å². The molecule has 0 bridgehead atoms. The molecule has 1 unspecified atom stereocenters. The second-order valence-corrected chi connectivity index (χ2v) is 6.07. The first-order valence-electron chi connectivity index (χ1n) is 6.94. The SMILES string of the molecule is CC(C)CN(CCC#N)C(=O)N1CCC(C)(C(=O)O)C1. The van der Waals surface area contributed by atoms with Gasteiger partial charge in [0.1, 0.15) is 0 Å². The van der Waals surface area contributed by atoms with Gasteiger partial charge in [-0.05, 0) is 19.3 Å². The summed E-state index contributed by atoms with van der Waals surface area (Å²) < 4.78 is 0. The van der Waals surface area contributed by atoms with Gasteiger partial charge in [-0.15, -0.1) is 0 Å². The lowest BCUT2D eigenvalue weighted by molar-refractivity contribution is -0.147. The van der Waals surface area contributed by atoms with Crippen LogP contribution in [0.15, 0.2) is 0 Å². The molecule has 20 heavy (non-hydrogen) atoms. The standard InChI is InChI=1S/C14H23N3O3/c1-11(2)9-16(7-4-6-15)13(20)17-8-5-14(3,10-17)12(18)19/h11H,4-5,7-10H2,1-3H3,(H,18,19). The van der Waals surface area contributed by atoms with E-state index >= 15 is 0 Å². The Balaban J connectivity index is 2.71. The Kier molecular flexibility index (Phi) is 5.37. The van der Waals surface area contributed by atoms with Crippen molar-refractivity contribution in [2.75, 3.05) is 26.2 Å². The molecule has 112 valence electrons. The monoisotopic (exact) mass is 281 g/mol. The zero-order valence-corrected chi connectivity index (χ0v) is 12.4. The van der Waals surface area contributed by atoms with Gasteiger partial charge in [-0.1, -0.05) is 13.8 Å². The van der Waals surface area contributed by atoms with Gasteiger partial charge in [-0.2, -0.15) is 5.26 Å². The molecule has 1 aliphatic rings. The first-order valence-corrected chi connectivity index (χ1v) is 6.94. The van der Waals surface area contributed by atoms with Crippen LogP contribution in [0.3, 0.4) is 0 Å². The molecule has 0 aromatic carbocycles. The van der Waals surface area contributed by atoms with Crippen LogP contribution in [0.1, 0.15) is 33.6 Å². The van der Waals surface area contributed by atoms with Gasteiger partial charge in [0.05, 0.1) is 17.9 Å². The van der Waals surface area contributed by atoms with E-state index in [1.54, 1.807) is 16.7 Å². The third kappa shape index (κ3) is 3.86. The van der Waals surface area contributed by atoms with Crippen LogP contribution in [-0.2, 0) is 4.79 Å². The van der Waals surface area contributed by atoms with Gasteiger partial charge in [0.25, 0.3) is 0 Å². The summed E-state index contributed by atoms with van der Waals surface area (Å²) in [5.74, 6) is -0.550. The predicted molar refractivity (Wildman–Crippen MR) is 74.0 cm³/mol. The van der Waals surface area contributed by atoms with Crippen molar-refractivity contribution >= 4 is 12.0 Å². The van der Waals surface area contributed by atoms with E-state index in [1.807, 2.05) is 19.9 Å². The summed E-state index contributed by atoms with van der Waals surface area (Å²) in [5.41, 5.74) is -0.853. The average Bonchev–Trinajstić information content (AvgIpc) is 2.77. The van der Waals surface area contributed by atoms with Gasteiger partial charge >= 0.3 is 12.0 Å². The first-order chi connectivity index (χ1) is 9.30. The second kappa shape index (κ2) is 6.60. The quantitative estimate of drug-likeness (QED) is 0.832. The molecule has 0 aliphatic carbocycles. The number of carboxylic acid groups (broad SMARTS) is 1. The number of likely N-dealkylation sites (tertiary alicyclic amines) is 1. The molecular formula is C14H23N3O3. The van der Waals surface area contributed by atoms with E-state index in [-0.39, 0.29) is 12.6 Å². The molecule has 0 spiro atoms. The van der Waals surface area contributed by atoms with Crippen molar-refractivity contribution < 1.29 is 14.7 Å². The van der Waals surface area contributed by atoms with Gasteiger partial charge < -0.3 is 14.9 Å². The van der Waals surface area contributed by atoms with Crippen LogP contribution in [0.2, 0.25) is 0 Å². The maximum atomic E-state index is 12.4. The number of carboxylic acids is 1. The summed E-state index contributed by atoms with van der Waals surface area (Å²) in [4.78, 5) is 26.9. The normalized spacial score (nSPS) is 21.9. The lowest BCUT2D eigenvalue weighted by Gasteiger charge is -2.29. The molecule has 6 heteroatoms. The summed E-state index contributed by atoms with van der Waals surface area (Å²) in [5, 5.41) is 17.9. The van der Waals surface area contributed by atoms with Crippen molar-refractivity contribution in [3.05, 3.63) is 0 Å². The zero-order valence-electron chi connectivity index (χ0n) is 12.4. The van der Waals surface area contributed by atoms with Crippen LogP contribution in [0.5, 0.6) is 0 Å². The van der Waals surface area contributed by atoms with E-state index in [9.17, 15) is 14.7 Å². The Morgan fingerprint density at radius 1 is 1.50 bits per heavy atom.